The average molecular weight is 369 g/mol. The van der Waals surface area contributed by atoms with Crippen LogP contribution < -0.4 is 16.4 Å². The maximum absolute atomic E-state index is 12.4. The van der Waals surface area contributed by atoms with Crippen LogP contribution in [0.15, 0.2) is 48.5 Å². The number of carbonyl (C=O) groups is 2. The maximum Gasteiger partial charge on any atom is 0.282 e. The van der Waals surface area contributed by atoms with E-state index in [1.165, 1.54) is 11.1 Å². The Hall–Kier alpha value is -2.66. The molecule has 0 aliphatic carbocycles. The van der Waals surface area contributed by atoms with Gasteiger partial charge in [-0.3, -0.25) is 9.59 Å². The van der Waals surface area contributed by atoms with E-state index in [9.17, 15) is 9.59 Å². The van der Waals surface area contributed by atoms with Gasteiger partial charge in [-0.25, -0.2) is 0 Å². The molecule has 2 amide bonds. The molecule has 0 radical (unpaired) electrons. The Balaban J connectivity index is 1.91. The predicted molar refractivity (Wildman–Crippen MR) is 108 cm³/mol. The number of hydrogen-bond acceptors (Lipinski definition) is 2. The maximum atomic E-state index is 12.4. The number of rotatable bonds is 8. The van der Waals surface area contributed by atoms with Crippen LogP contribution in [0.4, 0.5) is 5.69 Å². The SMILES string of the molecule is CC(C)Cc1ccc([C@H](C)[NH2+][C@@H](C)C(=O)Nc2ccc(C(N)=O)cc2)cc1. The zero-order chi connectivity index (χ0) is 20.0. The number of amides is 2. The first-order valence-electron chi connectivity index (χ1n) is 9.40. The van der Waals surface area contributed by atoms with E-state index in [1.54, 1.807) is 24.3 Å². The van der Waals surface area contributed by atoms with E-state index >= 15 is 0 Å². The van der Waals surface area contributed by atoms with Gasteiger partial charge in [-0.05, 0) is 56.0 Å². The molecule has 2 aromatic rings. The van der Waals surface area contributed by atoms with Gasteiger partial charge in [0.15, 0.2) is 6.04 Å². The molecule has 0 bridgehead atoms. The fourth-order valence-corrected chi connectivity index (χ4v) is 3.03. The van der Waals surface area contributed by atoms with Crippen molar-refractivity contribution in [3.05, 3.63) is 65.2 Å². The molecule has 0 fully saturated rings. The molecule has 5 heteroatoms. The van der Waals surface area contributed by atoms with Gasteiger partial charge in [-0.1, -0.05) is 38.1 Å². The number of nitrogens with two attached hydrogens (primary N) is 2. The number of anilines is 1. The molecule has 0 saturated heterocycles. The second-order valence-electron chi connectivity index (χ2n) is 7.54. The quantitative estimate of drug-likeness (QED) is 0.669. The van der Waals surface area contributed by atoms with Gasteiger partial charge in [0.2, 0.25) is 5.91 Å². The van der Waals surface area contributed by atoms with Crippen LogP contribution in [0.2, 0.25) is 0 Å². The van der Waals surface area contributed by atoms with E-state index in [0.29, 0.717) is 17.2 Å². The zero-order valence-electron chi connectivity index (χ0n) is 16.5. The van der Waals surface area contributed by atoms with E-state index in [0.717, 1.165) is 6.42 Å². The molecule has 0 aliphatic heterocycles. The number of benzene rings is 2. The molecule has 0 unspecified atom stereocenters. The van der Waals surface area contributed by atoms with E-state index in [1.807, 2.05) is 12.2 Å². The Bertz CT molecular complexity index is 767. The Kier molecular flexibility index (Phi) is 7.13. The van der Waals surface area contributed by atoms with Crippen LogP contribution in [-0.2, 0) is 11.2 Å². The highest BCUT2D eigenvalue weighted by molar-refractivity contribution is 5.95. The van der Waals surface area contributed by atoms with Crippen molar-refractivity contribution in [3.8, 4) is 0 Å². The molecule has 0 spiro atoms. The van der Waals surface area contributed by atoms with E-state index < -0.39 is 5.91 Å². The van der Waals surface area contributed by atoms with E-state index in [4.69, 9.17) is 5.73 Å². The van der Waals surface area contributed by atoms with Gasteiger partial charge in [0, 0.05) is 16.8 Å². The molecule has 0 saturated carbocycles. The number of quaternary nitrogens is 1. The lowest BCUT2D eigenvalue weighted by Gasteiger charge is -2.17. The van der Waals surface area contributed by atoms with Crippen LogP contribution in [0, 0.1) is 5.92 Å². The Labute approximate surface area is 161 Å². The summed E-state index contributed by atoms with van der Waals surface area (Å²) in [5.41, 5.74) is 8.83. The van der Waals surface area contributed by atoms with Gasteiger partial charge in [-0.2, -0.15) is 0 Å². The normalized spacial score (nSPS) is 13.2. The topological polar surface area (TPSA) is 88.8 Å². The summed E-state index contributed by atoms with van der Waals surface area (Å²) in [6.07, 6.45) is 1.08. The fraction of sp³-hybridized carbons (Fsp3) is 0.364. The van der Waals surface area contributed by atoms with Gasteiger partial charge in [0.25, 0.3) is 5.91 Å². The van der Waals surface area contributed by atoms with Crippen LogP contribution in [0.1, 0.15) is 55.2 Å². The van der Waals surface area contributed by atoms with Crippen LogP contribution in [0.25, 0.3) is 0 Å². The van der Waals surface area contributed by atoms with Crippen molar-refractivity contribution in [1.82, 2.24) is 0 Å². The predicted octanol–water partition coefficient (Wildman–Crippen LogP) is 2.64. The highest BCUT2D eigenvalue weighted by Crippen LogP contribution is 2.14. The van der Waals surface area contributed by atoms with Crippen molar-refractivity contribution < 1.29 is 14.9 Å². The second kappa shape index (κ2) is 9.33. The third kappa shape index (κ3) is 6.22. The van der Waals surface area contributed by atoms with Crippen molar-refractivity contribution in [1.29, 1.82) is 0 Å². The molecule has 2 atom stereocenters. The van der Waals surface area contributed by atoms with E-state index in [-0.39, 0.29) is 18.0 Å². The average Bonchev–Trinajstić information content (AvgIpc) is 2.62. The van der Waals surface area contributed by atoms with Gasteiger partial charge in [-0.15, -0.1) is 0 Å². The molecule has 2 aromatic carbocycles. The Morgan fingerprint density at radius 1 is 0.963 bits per heavy atom. The van der Waals surface area contributed by atoms with Gasteiger partial charge in [0.1, 0.15) is 6.04 Å². The molecular weight excluding hydrogens is 338 g/mol. The summed E-state index contributed by atoms with van der Waals surface area (Å²) in [5, 5.41) is 4.92. The van der Waals surface area contributed by atoms with Crippen LogP contribution >= 0.6 is 0 Å². The van der Waals surface area contributed by atoms with Crippen molar-refractivity contribution in [2.45, 2.75) is 46.2 Å². The van der Waals surface area contributed by atoms with Crippen molar-refractivity contribution in [3.63, 3.8) is 0 Å². The minimum Gasteiger partial charge on any atom is -0.366 e. The molecule has 144 valence electrons. The monoisotopic (exact) mass is 368 g/mol. The second-order valence-corrected chi connectivity index (χ2v) is 7.54. The summed E-state index contributed by atoms with van der Waals surface area (Å²) in [6, 6.07) is 15.1. The summed E-state index contributed by atoms with van der Waals surface area (Å²) >= 11 is 0. The molecule has 5 nitrogen and oxygen atoms in total. The smallest absolute Gasteiger partial charge is 0.282 e. The lowest BCUT2D eigenvalue weighted by molar-refractivity contribution is -0.709. The molecule has 5 N–H and O–H groups in total. The van der Waals surface area contributed by atoms with Crippen LogP contribution in [0.5, 0.6) is 0 Å². The number of carbonyl (C=O) groups excluding carboxylic acids is 2. The molecule has 0 aromatic heterocycles. The van der Waals surface area contributed by atoms with Crippen molar-refractivity contribution in [2.75, 3.05) is 5.32 Å². The van der Waals surface area contributed by atoms with Crippen molar-refractivity contribution >= 4 is 17.5 Å². The Morgan fingerprint density at radius 2 is 1.56 bits per heavy atom. The minimum atomic E-state index is -0.484. The zero-order valence-corrected chi connectivity index (χ0v) is 16.5. The van der Waals surface area contributed by atoms with Crippen LogP contribution in [-0.4, -0.2) is 17.9 Å². The molecular formula is C22H30N3O2+. The first-order valence-corrected chi connectivity index (χ1v) is 9.40. The lowest BCUT2D eigenvalue weighted by atomic mass is 9.99. The summed E-state index contributed by atoms with van der Waals surface area (Å²) < 4.78 is 0. The molecule has 0 aliphatic rings. The first kappa shape index (κ1) is 20.6. The van der Waals surface area contributed by atoms with E-state index in [2.05, 4.69) is 50.4 Å². The molecule has 2 rings (SSSR count). The third-order valence-corrected chi connectivity index (χ3v) is 4.58. The van der Waals surface area contributed by atoms with Crippen molar-refractivity contribution in [2.24, 2.45) is 11.7 Å². The third-order valence-electron chi connectivity index (χ3n) is 4.58. The number of nitrogens with one attached hydrogen (secondary N) is 1. The van der Waals surface area contributed by atoms with Gasteiger partial charge in [0.05, 0.1) is 0 Å². The summed E-state index contributed by atoms with van der Waals surface area (Å²) in [6.45, 7) is 8.41. The van der Waals surface area contributed by atoms with Gasteiger partial charge < -0.3 is 16.4 Å². The standard InChI is InChI=1S/C22H29N3O2/c1-14(2)13-17-5-7-18(8-6-17)15(3)24-16(4)22(27)25-20-11-9-19(10-12-20)21(23)26/h5-12,14-16,24H,13H2,1-4H3,(H2,23,26)(H,25,27)/p+1/t15-,16-/m0/s1. The molecule has 0 heterocycles. The largest absolute Gasteiger partial charge is 0.366 e. The summed E-state index contributed by atoms with van der Waals surface area (Å²) in [7, 11) is 0. The lowest BCUT2D eigenvalue weighted by Crippen LogP contribution is -2.91. The highest BCUT2D eigenvalue weighted by atomic mass is 16.2. The minimum absolute atomic E-state index is 0.0786. The van der Waals surface area contributed by atoms with Crippen LogP contribution in [0.3, 0.4) is 0 Å². The first-order chi connectivity index (χ1) is 12.8. The number of hydrogen-bond donors (Lipinski definition) is 3. The summed E-state index contributed by atoms with van der Waals surface area (Å²) in [5.74, 6) is 0.0773. The summed E-state index contributed by atoms with van der Waals surface area (Å²) in [4.78, 5) is 23.5. The number of primary amides is 1. The highest BCUT2D eigenvalue weighted by Gasteiger charge is 2.20. The van der Waals surface area contributed by atoms with Gasteiger partial charge >= 0.3 is 0 Å². The molecule has 27 heavy (non-hydrogen) atoms. The fourth-order valence-electron chi connectivity index (χ4n) is 3.03. The Morgan fingerprint density at radius 3 is 2.07 bits per heavy atom.